The van der Waals surface area contributed by atoms with E-state index in [1.54, 1.807) is 18.0 Å². The van der Waals surface area contributed by atoms with Gasteiger partial charge in [0.05, 0.1) is 0 Å². The Labute approximate surface area is 106 Å². The van der Waals surface area contributed by atoms with Gasteiger partial charge in [0.1, 0.15) is 0 Å². The maximum Gasteiger partial charge on any atom is 0.253 e. The Kier molecular flexibility index (Phi) is 3.91. The average Bonchev–Trinajstić information content (AvgIpc) is 2.73. The molecular weight excluding hydrogens is 233 g/mol. The molecule has 0 radical (unpaired) electrons. The van der Waals surface area contributed by atoms with Gasteiger partial charge < -0.3 is 9.80 Å². The summed E-state index contributed by atoms with van der Waals surface area (Å²) >= 11 is 0. The van der Waals surface area contributed by atoms with Crippen molar-refractivity contribution in [2.75, 3.05) is 33.7 Å². The normalized spacial score (nSPS) is 20.1. The van der Waals surface area contributed by atoms with Gasteiger partial charge in [0.25, 0.3) is 5.91 Å². The van der Waals surface area contributed by atoms with Gasteiger partial charge in [-0.25, -0.2) is 4.98 Å². The van der Waals surface area contributed by atoms with Gasteiger partial charge in [-0.1, -0.05) is 0 Å². The van der Waals surface area contributed by atoms with E-state index in [-0.39, 0.29) is 5.91 Å². The number of rotatable bonds is 3. The molecule has 2 heterocycles. The Balaban J connectivity index is 1.96. The minimum absolute atomic E-state index is 0.147. The maximum atomic E-state index is 13.0. The van der Waals surface area contributed by atoms with Crippen LogP contribution in [0.1, 0.15) is 16.8 Å². The van der Waals surface area contributed by atoms with Crippen LogP contribution < -0.4 is 0 Å². The monoisotopic (exact) mass is 251 g/mol. The van der Waals surface area contributed by atoms with E-state index in [1.807, 2.05) is 0 Å². The van der Waals surface area contributed by atoms with Crippen LogP contribution in [0.25, 0.3) is 0 Å². The van der Waals surface area contributed by atoms with E-state index in [0.717, 1.165) is 19.5 Å². The number of halogens is 1. The summed E-state index contributed by atoms with van der Waals surface area (Å²) in [5, 5.41) is 0. The summed E-state index contributed by atoms with van der Waals surface area (Å²) in [6.45, 7) is 2.81. The predicted molar refractivity (Wildman–Crippen MR) is 66.8 cm³/mol. The first-order valence-electron chi connectivity index (χ1n) is 6.12. The first-order chi connectivity index (χ1) is 8.56. The van der Waals surface area contributed by atoms with Crippen LogP contribution >= 0.6 is 0 Å². The summed E-state index contributed by atoms with van der Waals surface area (Å²) in [7, 11) is 3.85. The van der Waals surface area contributed by atoms with E-state index in [2.05, 4.69) is 16.9 Å². The molecule has 0 saturated carbocycles. The molecule has 0 N–H and O–H groups in total. The Morgan fingerprint density at radius 1 is 1.67 bits per heavy atom. The number of amides is 1. The zero-order valence-corrected chi connectivity index (χ0v) is 10.8. The van der Waals surface area contributed by atoms with Crippen molar-refractivity contribution in [3.63, 3.8) is 0 Å². The third-order valence-corrected chi connectivity index (χ3v) is 3.34. The maximum absolute atomic E-state index is 13.0. The Bertz CT molecular complexity index is 438. The largest absolute Gasteiger partial charge is 0.341 e. The van der Waals surface area contributed by atoms with E-state index >= 15 is 0 Å². The molecule has 18 heavy (non-hydrogen) atoms. The topological polar surface area (TPSA) is 36.4 Å². The highest BCUT2D eigenvalue weighted by molar-refractivity contribution is 5.93. The van der Waals surface area contributed by atoms with E-state index in [1.165, 1.54) is 12.3 Å². The van der Waals surface area contributed by atoms with Crippen LogP contribution in [-0.2, 0) is 0 Å². The van der Waals surface area contributed by atoms with E-state index in [4.69, 9.17) is 0 Å². The molecule has 0 spiro atoms. The summed E-state index contributed by atoms with van der Waals surface area (Å²) in [6.07, 6.45) is 2.43. The van der Waals surface area contributed by atoms with Crippen LogP contribution in [0.15, 0.2) is 18.3 Å². The summed E-state index contributed by atoms with van der Waals surface area (Å²) < 4.78 is 13.0. The van der Waals surface area contributed by atoms with Crippen LogP contribution in [-0.4, -0.2) is 54.4 Å². The Morgan fingerprint density at radius 3 is 3.06 bits per heavy atom. The minimum atomic E-state index is -0.616. The molecule has 0 aliphatic carbocycles. The lowest BCUT2D eigenvalue weighted by molar-refractivity contribution is 0.0773. The lowest BCUT2D eigenvalue weighted by Gasteiger charge is -2.21. The van der Waals surface area contributed by atoms with Gasteiger partial charge in [0, 0.05) is 38.0 Å². The third-order valence-electron chi connectivity index (χ3n) is 3.34. The van der Waals surface area contributed by atoms with E-state index in [0.29, 0.717) is 18.0 Å². The van der Waals surface area contributed by atoms with Crippen molar-refractivity contribution in [2.24, 2.45) is 5.92 Å². The molecule has 1 aliphatic heterocycles. The molecule has 4 nitrogen and oxygen atoms in total. The number of carbonyl (C=O) groups is 1. The summed E-state index contributed by atoms with van der Waals surface area (Å²) in [5.74, 6) is -0.253. The minimum Gasteiger partial charge on any atom is -0.341 e. The SMILES string of the molecule is CN1CCC(CN(C)C(=O)c2ccnc(F)c2)C1. The zero-order valence-electron chi connectivity index (χ0n) is 10.8. The van der Waals surface area contributed by atoms with Crippen molar-refractivity contribution >= 4 is 5.91 Å². The lowest BCUT2D eigenvalue weighted by Crippen LogP contribution is -2.32. The number of aromatic nitrogens is 1. The van der Waals surface area contributed by atoms with Crippen molar-refractivity contribution in [1.29, 1.82) is 0 Å². The Morgan fingerprint density at radius 2 is 2.44 bits per heavy atom. The van der Waals surface area contributed by atoms with Gasteiger partial charge in [0.15, 0.2) is 0 Å². The highest BCUT2D eigenvalue weighted by atomic mass is 19.1. The first kappa shape index (κ1) is 13.0. The van der Waals surface area contributed by atoms with Gasteiger partial charge in [0.2, 0.25) is 5.95 Å². The second-order valence-electron chi connectivity index (χ2n) is 4.97. The van der Waals surface area contributed by atoms with Gasteiger partial charge >= 0.3 is 0 Å². The highest BCUT2D eigenvalue weighted by Crippen LogP contribution is 2.16. The van der Waals surface area contributed by atoms with Crippen molar-refractivity contribution in [1.82, 2.24) is 14.8 Å². The number of carbonyl (C=O) groups excluding carboxylic acids is 1. The summed E-state index contributed by atoms with van der Waals surface area (Å²) in [4.78, 5) is 19.5. The molecular formula is C13H18FN3O. The zero-order chi connectivity index (χ0) is 13.1. The van der Waals surface area contributed by atoms with Crippen molar-refractivity contribution in [3.05, 3.63) is 29.8 Å². The molecule has 5 heteroatoms. The van der Waals surface area contributed by atoms with Crippen molar-refractivity contribution in [3.8, 4) is 0 Å². The smallest absolute Gasteiger partial charge is 0.253 e. The molecule has 1 atom stereocenters. The fourth-order valence-corrected chi connectivity index (χ4v) is 2.40. The van der Waals surface area contributed by atoms with Crippen LogP contribution in [0.4, 0.5) is 4.39 Å². The standard InChI is InChI=1S/C13H18FN3O/c1-16-6-4-10(8-16)9-17(2)13(18)11-3-5-15-12(14)7-11/h3,5,7,10H,4,6,8-9H2,1-2H3. The average molecular weight is 251 g/mol. The van der Waals surface area contributed by atoms with E-state index < -0.39 is 5.95 Å². The molecule has 98 valence electrons. The Hall–Kier alpha value is -1.49. The number of pyridine rings is 1. The molecule has 1 aromatic heterocycles. The van der Waals surface area contributed by atoms with Crippen LogP contribution in [0, 0.1) is 11.9 Å². The van der Waals surface area contributed by atoms with Crippen LogP contribution in [0.5, 0.6) is 0 Å². The second kappa shape index (κ2) is 5.44. The van der Waals surface area contributed by atoms with Gasteiger partial charge in [-0.3, -0.25) is 4.79 Å². The molecule has 0 aromatic carbocycles. The predicted octanol–water partition coefficient (Wildman–Crippen LogP) is 1.24. The summed E-state index contributed by atoms with van der Waals surface area (Å²) in [6, 6.07) is 2.72. The number of hydrogen-bond acceptors (Lipinski definition) is 3. The second-order valence-corrected chi connectivity index (χ2v) is 4.97. The molecule has 0 bridgehead atoms. The van der Waals surface area contributed by atoms with Gasteiger partial charge in [-0.05, 0) is 32.0 Å². The molecule has 1 aliphatic rings. The summed E-state index contributed by atoms with van der Waals surface area (Å²) in [5.41, 5.74) is 0.358. The fraction of sp³-hybridized carbons (Fsp3) is 0.538. The highest BCUT2D eigenvalue weighted by Gasteiger charge is 2.23. The van der Waals surface area contributed by atoms with Crippen LogP contribution in [0.3, 0.4) is 0 Å². The molecule has 1 aromatic rings. The molecule has 1 unspecified atom stereocenters. The third kappa shape index (κ3) is 3.04. The molecule has 1 saturated heterocycles. The van der Waals surface area contributed by atoms with Crippen molar-refractivity contribution in [2.45, 2.75) is 6.42 Å². The van der Waals surface area contributed by atoms with Gasteiger partial charge in [-0.2, -0.15) is 4.39 Å². The molecule has 1 fully saturated rings. The van der Waals surface area contributed by atoms with E-state index in [9.17, 15) is 9.18 Å². The van der Waals surface area contributed by atoms with Crippen molar-refractivity contribution < 1.29 is 9.18 Å². The fourth-order valence-electron chi connectivity index (χ4n) is 2.40. The quantitative estimate of drug-likeness (QED) is 0.758. The number of nitrogens with zero attached hydrogens (tertiary/aromatic N) is 3. The molecule has 1 amide bonds. The number of likely N-dealkylation sites (tertiary alicyclic amines) is 1. The van der Waals surface area contributed by atoms with Crippen LogP contribution in [0.2, 0.25) is 0 Å². The lowest BCUT2D eigenvalue weighted by atomic mass is 10.1. The number of hydrogen-bond donors (Lipinski definition) is 0. The molecule has 2 rings (SSSR count). The van der Waals surface area contributed by atoms with Gasteiger partial charge in [-0.15, -0.1) is 0 Å². The first-order valence-corrected chi connectivity index (χ1v) is 6.12.